The summed E-state index contributed by atoms with van der Waals surface area (Å²) in [6.45, 7) is 32.5. The molecule has 0 nitrogen and oxygen atoms in total. The van der Waals surface area contributed by atoms with E-state index in [0.717, 1.165) is 0 Å². The quantitative estimate of drug-likeness (QED) is 0.256. The molecule has 4 heteroatoms. The molecule has 0 unspecified atom stereocenters. The van der Waals surface area contributed by atoms with Crippen LogP contribution in [0.25, 0.3) is 0 Å². The van der Waals surface area contributed by atoms with Gasteiger partial charge < -0.3 is 0 Å². The average Bonchev–Trinajstić information content (AvgIpc) is 2.60. The minimum atomic E-state index is -1.24. The third-order valence-corrected chi connectivity index (χ3v) is 14.1. The van der Waals surface area contributed by atoms with E-state index in [4.69, 9.17) is 0 Å². The van der Waals surface area contributed by atoms with Gasteiger partial charge in [0.15, 0.2) is 0 Å². The molecule has 0 aliphatic carbocycles. The van der Waals surface area contributed by atoms with Crippen molar-refractivity contribution >= 4 is 48.4 Å². The monoisotopic (exact) mass is 570 g/mol. The van der Waals surface area contributed by atoms with Crippen LogP contribution in [0.5, 0.6) is 0 Å². The van der Waals surface area contributed by atoms with Crippen LogP contribution in [-0.4, -0.2) is 39.7 Å². The Balaban J connectivity index is 2.82. The molecule has 0 saturated carbocycles. The number of rotatable bonds is 10. The zero-order valence-corrected chi connectivity index (χ0v) is 29.8. The van der Waals surface area contributed by atoms with Gasteiger partial charge in [-0.1, -0.05) is 0 Å². The van der Waals surface area contributed by atoms with Gasteiger partial charge in [0.25, 0.3) is 0 Å². The molecule has 2 aromatic rings. The van der Waals surface area contributed by atoms with E-state index in [1.807, 2.05) is 0 Å². The zero-order valence-electron chi connectivity index (χ0n) is 24.7. The molecule has 2 radical (unpaired) electrons. The molecule has 0 saturated heterocycles. The van der Waals surface area contributed by atoms with E-state index in [1.165, 1.54) is 18.1 Å². The van der Waals surface area contributed by atoms with Crippen LogP contribution in [0.4, 0.5) is 0 Å². The van der Waals surface area contributed by atoms with Crippen molar-refractivity contribution in [3.63, 3.8) is 0 Å². The van der Waals surface area contributed by atoms with Crippen molar-refractivity contribution in [2.24, 2.45) is 0 Å². The van der Waals surface area contributed by atoms with Crippen LogP contribution >= 0.6 is 0 Å². The van der Waals surface area contributed by atoms with Gasteiger partial charge in [0.2, 0.25) is 0 Å². The predicted octanol–water partition coefficient (Wildman–Crippen LogP) is 7.85. The van der Waals surface area contributed by atoms with Gasteiger partial charge in [-0.2, -0.15) is 0 Å². The second kappa shape index (κ2) is 11.4. The van der Waals surface area contributed by atoms with Crippen LogP contribution in [0.1, 0.15) is 67.3 Å². The summed E-state index contributed by atoms with van der Waals surface area (Å²) < 4.78 is 3.54. The maximum atomic E-state index is 2.68. The van der Waals surface area contributed by atoms with Gasteiger partial charge >= 0.3 is 223 Å². The molecule has 2 rings (SSSR count). The second-order valence-electron chi connectivity index (χ2n) is 14.7. The summed E-state index contributed by atoms with van der Waals surface area (Å²) >= 11 is -0.407. The fourth-order valence-corrected chi connectivity index (χ4v) is 14.0. The third kappa shape index (κ3) is 9.26. The van der Waals surface area contributed by atoms with Crippen molar-refractivity contribution in [3.8, 4) is 0 Å². The Bertz CT molecular complexity index is 907. The SMILES string of the molecule is CC(C)c1cccc(C(C)C)[c]1[Ge][c]1c(C[Si](C)(C)C)cc(C[Si](C)(C)C)cc1C[Si](C)(C)C. The third-order valence-electron chi connectivity index (χ3n) is 6.16. The van der Waals surface area contributed by atoms with E-state index in [-0.39, 0.29) is 0 Å². The molecular weight excluding hydrogens is 517 g/mol. The van der Waals surface area contributed by atoms with Gasteiger partial charge in [0, 0.05) is 0 Å². The molecule has 2 aromatic carbocycles. The van der Waals surface area contributed by atoms with E-state index in [9.17, 15) is 0 Å². The number of benzene rings is 2. The average molecular weight is 570 g/mol. The Labute approximate surface area is 222 Å². The number of hydrogen-bond donors (Lipinski definition) is 0. The van der Waals surface area contributed by atoms with Crippen molar-refractivity contribution in [2.45, 2.75) is 117 Å². The molecule has 0 heterocycles. The van der Waals surface area contributed by atoms with Gasteiger partial charge in [-0.05, 0) is 0 Å². The summed E-state index contributed by atoms with van der Waals surface area (Å²) in [5.41, 5.74) is 8.32. The molecule has 0 aliphatic rings. The van der Waals surface area contributed by atoms with E-state index in [2.05, 4.69) is 117 Å². The Morgan fingerprint density at radius 3 is 1.29 bits per heavy atom. The van der Waals surface area contributed by atoms with Gasteiger partial charge in [0.1, 0.15) is 0 Å². The molecule has 0 N–H and O–H groups in total. The topological polar surface area (TPSA) is 0 Å². The molecule has 188 valence electrons. The first-order valence-corrected chi connectivity index (χ1v) is 26.6. The van der Waals surface area contributed by atoms with Gasteiger partial charge in [0.05, 0.1) is 0 Å². The molecular formula is C30H52GeSi3. The Morgan fingerprint density at radius 2 is 0.971 bits per heavy atom. The molecule has 34 heavy (non-hydrogen) atoms. The second-order valence-corrected chi connectivity index (χ2v) is 33.8. The van der Waals surface area contributed by atoms with Crippen LogP contribution in [0.2, 0.25) is 58.9 Å². The van der Waals surface area contributed by atoms with Crippen LogP contribution in [0.15, 0.2) is 30.3 Å². The van der Waals surface area contributed by atoms with E-state index in [0.29, 0.717) is 11.8 Å². The van der Waals surface area contributed by atoms with Crippen molar-refractivity contribution < 1.29 is 0 Å². The van der Waals surface area contributed by atoms with Crippen molar-refractivity contribution in [2.75, 3.05) is 0 Å². The van der Waals surface area contributed by atoms with Crippen molar-refractivity contribution in [3.05, 3.63) is 58.1 Å². The Morgan fingerprint density at radius 1 is 0.588 bits per heavy atom. The summed E-state index contributed by atoms with van der Waals surface area (Å²) in [5.74, 6) is 1.17. The fraction of sp³-hybridized carbons (Fsp3) is 0.600. The molecule has 0 amide bonds. The van der Waals surface area contributed by atoms with Crippen molar-refractivity contribution in [1.29, 1.82) is 0 Å². The Hall–Kier alpha value is -0.366. The van der Waals surface area contributed by atoms with Crippen LogP contribution in [0, 0.1) is 0 Å². The first-order chi connectivity index (χ1) is 15.4. The standard InChI is InChI=1S/C30H52GeSi3/c1-22(2)27-15-14-16-28(23(3)4)30(27)31-29-25(20-33(8,9)10)17-24(19-32(5,6)7)18-26(29)21-34(11,12)13/h14-18,22-23H,19-21H2,1-13H3. The van der Waals surface area contributed by atoms with Crippen molar-refractivity contribution in [1.82, 2.24) is 0 Å². The minimum absolute atomic E-state index is 0.407. The van der Waals surface area contributed by atoms with E-state index >= 15 is 0 Å². The molecule has 0 spiro atoms. The van der Waals surface area contributed by atoms with Crippen LogP contribution < -0.4 is 8.79 Å². The molecule has 0 atom stereocenters. The molecule has 0 aromatic heterocycles. The normalized spacial score (nSPS) is 13.3. The van der Waals surface area contributed by atoms with Gasteiger partial charge in [-0.3, -0.25) is 0 Å². The Kier molecular flexibility index (Phi) is 9.97. The summed E-state index contributed by atoms with van der Waals surface area (Å²) in [4.78, 5) is 0. The van der Waals surface area contributed by atoms with Gasteiger partial charge in [-0.15, -0.1) is 0 Å². The summed E-state index contributed by atoms with van der Waals surface area (Å²) in [7, 11) is -3.64. The maximum absolute atomic E-state index is 2.68. The zero-order chi connectivity index (χ0) is 26.1. The first-order valence-electron chi connectivity index (χ1n) is 13.4. The van der Waals surface area contributed by atoms with Gasteiger partial charge in [-0.25, -0.2) is 0 Å². The summed E-state index contributed by atoms with van der Waals surface area (Å²) in [6, 6.07) is 16.5. The number of hydrogen-bond acceptors (Lipinski definition) is 0. The van der Waals surface area contributed by atoms with E-state index in [1.54, 1.807) is 36.6 Å². The van der Waals surface area contributed by atoms with Crippen LogP contribution in [0.3, 0.4) is 0 Å². The molecule has 0 bridgehead atoms. The van der Waals surface area contributed by atoms with Crippen LogP contribution in [-0.2, 0) is 18.1 Å². The fourth-order valence-electron chi connectivity index (χ4n) is 4.96. The summed E-state index contributed by atoms with van der Waals surface area (Å²) in [6.07, 6.45) is 0. The van der Waals surface area contributed by atoms with E-state index < -0.39 is 39.7 Å². The first kappa shape index (κ1) is 29.9. The molecule has 0 fully saturated rings. The summed E-state index contributed by atoms with van der Waals surface area (Å²) in [5, 5.41) is 0. The molecule has 0 aliphatic heterocycles. The predicted molar refractivity (Wildman–Crippen MR) is 167 cm³/mol.